The number of fused-ring (bicyclic) bond motifs is 2. The summed E-state index contributed by atoms with van der Waals surface area (Å²) in [6.45, 7) is 2.41. The van der Waals surface area contributed by atoms with Gasteiger partial charge in [0.1, 0.15) is 17.2 Å². The summed E-state index contributed by atoms with van der Waals surface area (Å²) in [5.74, 6) is 0.857. The van der Waals surface area contributed by atoms with Crippen molar-refractivity contribution in [3.8, 4) is 17.1 Å². The van der Waals surface area contributed by atoms with Crippen LogP contribution in [0.4, 0.5) is 0 Å². The molecule has 0 radical (unpaired) electrons. The first-order valence-electron chi connectivity index (χ1n) is 9.45. The van der Waals surface area contributed by atoms with Gasteiger partial charge in [0, 0.05) is 23.2 Å². The van der Waals surface area contributed by atoms with Crippen LogP contribution in [0.15, 0.2) is 50.4 Å². The van der Waals surface area contributed by atoms with Gasteiger partial charge in [0.15, 0.2) is 5.39 Å². The van der Waals surface area contributed by atoms with E-state index in [0.717, 1.165) is 12.8 Å². The zero-order valence-electron chi connectivity index (χ0n) is 16.4. The second-order valence-electron chi connectivity index (χ2n) is 6.84. The van der Waals surface area contributed by atoms with Gasteiger partial charge in [-0.2, -0.15) is 4.98 Å². The summed E-state index contributed by atoms with van der Waals surface area (Å²) in [4.78, 5) is 31.0. The Labute approximate surface area is 181 Å². The Balaban J connectivity index is 2.11. The lowest BCUT2D eigenvalue weighted by Gasteiger charge is -2.14. The minimum absolute atomic E-state index is 0.0421. The molecule has 154 valence electrons. The van der Waals surface area contributed by atoms with Crippen molar-refractivity contribution in [2.45, 2.75) is 26.3 Å². The zero-order chi connectivity index (χ0) is 21.4. The van der Waals surface area contributed by atoms with E-state index in [9.17, 15) is 9.59 Å². The molecule has 0 aliphatic carbocycles. The monoisotopic (exact) mass is 444 g/mol. The van der Waals surface area contributed by atoms with E-state index in [1.807, 2.05) is 6.92 Å². The quantitative estimate of drug-likeness (QED) is 0.391. The van der Waals surface area contributed by atoms with E-state index in [1.54, 1.807) is 36.4 Å². The van der Waals surface area contributed by atoms with E-state index in [1.165, 1.54) is 11.7 Å². The molecular weight excluding hydrogens is 427 g/mol. The first-order chi connectivity index (χ1) is 14.4. The average molecular weight is 445 g/mol. The molecule has 0 atom stereocenters. The number of ether oxygens (including phenoxy) is 1. The van der Waals surface area contributed by atoms with Gasteiger partial charge in [-0.15, -0.1) is 0 Å². The first kappa shape index (κ1) is 20.4. The summed E-state index contributed by atoms with van der Waals surface area (Å²) in [6.07, 6.45) is 1.60. The van der Waals surface area contributed by atoms with E-state index < -0.39 is 11.0 Å². The molecule has 0 saturated carbocycles. The summed E-state index contributed by atoms with van der Waals surface area (Å²) >= 11 is 12.4. The van der Waals surface area contributed by atoms with Gasteiger partial charge in [0.25, 0.3) is 5.56 Å². The van der Waals surface area contributed by atoms with Crippen molar-refractivity contribution >= 4 is 45.3 Å². The minimum atomic E-state index is -0.457. The van der Waals surface area contributed by atoms with E-state index in [-0.39, 0.29) is 11.1 Å². The Morgan fingerprint density at radius 1 is 1.13 bits per heavy atom. The molecule has 0 aliphatic heterocycles. The maximum atomic E-state index is 13.4. The highest BCUT2D eigenvalue weighted by atomic mass is 35.5. The molecule has 2 aromatic heterocycles. The van der Waals surface area contributed by atoms with Gasteiger partial charge in [-0.1, -0.05) is 36.5 Å². The van der Waals surface area contributed by atoms with Gasteiger partial charge < -0.3 is 9.15 Å². The molecule has 2 heterocycles. The third-order valence-corrected chi connectivity index (χ3v) is 5.46. The summed E-state index contributed by atoms with van der Waals surface area (Å²) in [6, 6.07) is 9.78. The number of nitrogens with zero attached hydrogens (tertiary/aromatic N) is 2. The second kappa shape index (κ2) is 8.13. The maximum Gasteiger partial charge on any atom is 0.269 e. The number of aromatic nitrogens is 2. The predicted octanol–water partition coefficient (Wildman–Crippen LogP) is 5.29. The molecule has 0 amide bonds. The van der Waals surface area contributed by atoms with E-state index in [0.29, 0.717) is 44.7 Å². The maximum absolute atomic E-state index is 13.4. The van der Waals surface area contributed by atoms with Crippen LogP contribution < -0.4 is 15.7 Å². The molecule has 0 saturated heterocycles. The van der Waals surface area contributed by atoms with Crippen molar-refractivity contribution in [2.24, 2.45) is 0 Å². The summed E-state index contributed by atoms with van der Waals surface area (Å²) in [5, 5.41) is 1.03. The molecule has 4 rings (SSSR count). The Hall–Kier alpha value is -2.83. The first-order valence-corrected chi connectivity index (χ1v) is 10.2. The van der Waals surface area contributed by atoms with E-state index >= 15 is 0 Å². The number of benzene rings is 2. The average Bonchev–Trinajstić information content (AvgIpc) is 2.72. The van der Waals surface area contributed by atoms with Crippen LogP contribution in [0.25, 0.3) is 33.5 Å². The lowest BCUT2D eigenvalue weighted by molar-refractivity contribution is 0.414. The number of hydrogen-bond donors (Lipinski definition) is 0. The van der Waals surface area contributed by atoms with Gasteiger partial charge in [-0.05, 0) is 36.8 Å². The molecule has 0 N–H and O–H groups in total. The molecule has 0 unspecified atom stereocenters. The number of rotatable bonds is 5. The van der Waals surface area contributed by atoms with Crippen LogP contribution in [0.1, 0.15) is 19.8 Å². The molecule has 8 heteroatoms. The van der Waals surface area contributed by atoms with Gasteiger partial charge >= 0.3 is 0 Å². The highest BCUT2D eigenvalue weighted by Crippen LogP contribution is 2.30. The van der Waals surface area contributed by atoms with Crippen molar-refractivity contribution < 1.29 is 9.15 Å². The second-order valence-corrected chi connectivity index (χ2v) is 7.69. The van der Waals surface area contributed by atoms with Crippen LogP contribution in [0.5, 0.6) is 5.75 Å². The fraction of sp³-hybridized carbons (Fsp3) is 0.227. The normalized spacial score (nSPS) is 11.3. The van der Waals surface area contributed by atoms with Crippen LogP contribution >= 0.6 is 23.2 Å². The number of unbranched alkanes of at least 4 members (excludes halogenated alkanes) is 1. The van der Waals surface area contributed by atoms with Crippen LogP contribution in [0, 0.1) is 0 Å². The van der Waals surface area contributed by atoms with Crippen molar-refractivity contribution in [1.29, 1.82) is 0 Å². The SMILES string of the molecule is CCCCn1c(-c2ccc(Cl)cc2Cl)nc2oc3cc(OC)ccc3c(=O)c2c1=O. The molecule has 0 spiro atoms. The van der Waals surface area contributed by atoms with Gasteiger partial charge in [0.2, 0.25) is 11.1 Å². The Morgan fingerprint density at radius 2 is 1.93 bits per heavy atom. The Morgan fingerprint density at radius 3 is 2.63 bits per heavy atom. The largest absolute Gasteiger partial charge is 0.497 e. The molecule has 0 aliphatic rings. The number of halogens is 2. The van der Waals surface area contributed by atoms with Gasteiger partial charge in [0.05, 0.1) is 17.5 Å². The predicted molar refractivity (Wildman–Crippen MR) is 119 cm³/mol. The molecule has 6 nitrogen and oxygen atoms in total. The van der Waals surface area contributed by atoms with Crippen molar-refractivity contribution in [1.82, 2.24) is 9.55 Å². The third-order valence-electron chi connectivity index (χ3n) is 4.91. The minimum Gasteiger partial charge on any atom is -0.497 e. The number of hydrogen-bond acceptors (Lipinski definition) is 5. The Kier molecular flexibility index (Phi) is 5.54. The molecule has 2 aromatic carbocycles. The lowest BCUT2D eigenvalue weighted by Crippen LogP contribution is -2.27. The van der Waals surface area contributed by atoms with Crippen LogP contribution in [0.2, 0.25) is 10.0 Å². The summed E-state index contributed by atoms with van der Waals surface area (Å²) < 4.78 is 12.5. The van der Waals surface area contributed by atoms with Crippen LogP contribution in [-0.4, -0.2) is 16.7 Å². The van der Waals surface area contributed by atoms with Gasteiger partial charge in [-0.25, -0.2) is 0 Å². The van der Waals surface area contributed by atoms with Crippen molar-refractivity contribution in [3.63, 3.8) is 0 Å². The zero-order valence-corrected chi connectivity index (χ0v) is 17.9. The van der Waals surface area contributed by atoms with E-state index in [4.69, 9.17) is 32.4 Å². The topological polar surface area (TPSA) is 74.3 Å². The lowest BCUT2D eigenvalue weighted by atomic mass is 10.1. The van der Waals surface area contributed by atoms with Crippen LogP contribution in [-0.2, 0) is 6.54 Å². The number of methoxy groups -OCH3 is 1. The van der Waals surface area contributed by atoms with E-state index in [2.05, 4.69) is 4.98 Å². The molecule has 0 fully saturated rings. The fourth-order valence-electron chi connectivity index (χ4n) is 3.34. The summed E-state index contributed by atoms with van der Waals surface area (Å²) in [7, 11) is 1.52. The summed E-state index contributed by atoms with van der Waals surface area (Å²) in [5.41, 5.74) is -0.103. The molecule has 4 aromatic rings. The molecule has 30 heavy (non-hydrogen) atoms. The third kappa shape index (κ3) is 3.46. The molecular formula is C22H18Cl2N2O4. The Bertz CT molecular complexity index is 1390. The highest BCUT2D eigenvalue weighted by molar-refractivity contribution is 6.36. The van der Waals surface area contributed by atoms with Crippen LogP contribution in [0.3, 0.4) is 0 Å². The van der Waals surface area contributed by atoms with Crippen molar-refractivity contribution in [3.05, 3.63) is 67.0 Å². The molecule has 0 bridgehead atoms. The van der Waals surface area contributed by atoms with Crippen molar-refractivity contribution in [2.75, 3.05) is 7.11 Å². The fourth-order valence-corrected chi connectivity index (χ4v) is 3.84. The highest BCUT2D eigenvalue weighted by Gasteiger charge is 2.20. The smallest absolute Gasteiger partial charge is 0.269 e. The standard InChI is InChI=1S/C22H18Cl2N2O4/c1-3-4-9-26-20(14-7-5-12(23)10-16(14)24)25-21-18(22(26)28)19(27)15-8-6-13(29-2)11-17(15)30-21/h5-8,10-11H,3-4,9H2,1-2H3. The van der Waals surface area contributed by atoms with Gasteiger partial charge in [-0.3, -0.25) is 14.2 Å².